The summed E-state index contributed by atoms with van der Waals surface area (Å²) in [4.78, 5) is 25.0. The van der Waals surface area contributed by atoms with Crippen LogP contribution >= 0.6 is 22.9 Å². The summed E-state index contributed by atoms with van der Waals surface area (Å²) >= 11 is 6.88. The highest BCUT2D eigenvalue weighted by Crippen LogP contribution is 2.26. The predicted molar refractivity (Wildman–Crippen MR) is 69.3 cm³/mol. The number of rotatable bonds is 4. The van der Waals surface area contributed by atoms with Crippen molar-refractivity contribution in [3.8, 4) is 0 Å². The molecule has 0 saturated carbocycles. The first kappa shape index (κ1) is 12.6. The summed E-state index contributed by atoms with van der Waals surface area (Å²) in [6.45, 7) is 0.718. The average Bonchev–Trinajstić information content (AvgIpc) is 2.68. The molecule has 0 radical (unpaired) electrons. The molecule has 0 unspecified atom stereocenters. The van der Waals surface area contributed by atoms with Gasteiger partial charge in [-0.05, 0) is 30.9 Å². The van der Waals surface area contributed by atoms with Gasteiger partial charge in [-0.3, -0.25) is 9.59 Å². The van der Waals surface area contributed by atoms with Crippen LogP contribution in [0.15, 0.2) is 6.07 Å². The smallest absolute Gasteiger partial charge is 0.261 e. The van der Waals surface area contributed by atoms with Crippen molar-refractivity contribution in [1.29, 1.82) is 0 Å². The second-order valence-corrected chi connectivity index (χ2v) is 5.47. The van der Waals surface area contributed by atoms with Crippen molar-refractivity contribution in [1.82, 2.24) is 5.32 Å². The standard InChI is InChI=1S/C12H14ClNO2S/c13-5-1-4-9(15)10-7-8-3-2-6-14-12(16)11(8)17-10/h7H,1-6H2,(H,14,16). The van der Waals surface area contributed by atoms with E-state index in [4.69, 9.17) is 11.6 Å². The third-order valence-electron chi connectivity index (χ3n) is 2.74. The first-order chi connectivity index (χ1) is 8.22. The highest BCUT2D eigenvalue weighted by Gasteiger charge is 2.21. The summed E-state index contributed by atoms with van der Waals surface area (Å²) < 4.78 is 0. The Labute approximate surface area is 109 Å². The van der Waals surface area contributed by atoms with Gasteiger partial charge in [0.05, 0.1) is 9.75 Å². The van der Waals surface area contributed by atoms with Crippen LogP contribution in [0.1, 0.15) is 44.2 Å². The minimum atomic E-state index is -0.0427. The summed E-state index contributed by atoms with van der Waals surface area (Å²) in [5.74, 6) is 0.549. The minimum Gasteiger partial charge on any atom is -0.351 e. The number of carbonyl (C=O) groups is 2. The van der Waals surface area contributed by atoms with E-state index >= 15 is 0 Å². The molecule has 1 aliphatic rings. The molecule has 2 rings (SSSR count). The van der Waals surface area contributed by atoms with Gasteiger partial charge in [0.2, 0.25) is 0 Å². The molecule has 2 heterocycles. The number of carbonyl (C=O) groups excluding carboxylic acids is 2. The van der Waals surface area contributed by atoms with Gasteiger partial charge in [0.1, 0.15) is 0 Å². The molecule has 17 heavy (non-hydrogen) atoms. The van der Waals surface area contributed by atoms with Crippen LogP contribution in [0.4, 0.5) is 0 Å². The third kappa shape index (κ3) is 2.87. The number of amides is 1. The first-order valence-electron chi connectivity index (χ1n) is 5.72. The molecule has 0 aromatic carbocycles. The van der Waals surface area contributed by atoms with Crippen molar-refractivity contribution < 1.29 is 9.59 Å². The summed E-state index contributed by atoms with van der Waals surface area (Å²) in [7, 11) is 0. The Bertz CT molecular complexity index is 442. The van der Waals surface area contributed by atoms with E-state index in [0.717, 1.165) is 24.9 Å². The van der Waals surface area contributed by atoms with Crippen molar-refractivity contribution >= 4 is 34.6 Å². The fourth-order valence-corrected chi connectivity index (χ4v) is 3.08. The molecule has 0 bridgehead atoms. The quantitative estimate of drug-likeness (QED) is 0.676. The zero-order valence-corrected chi connectivity index (χ0v) is 11.0. The number of hydrogen-bond acceptors (Lipinski definition) is 3. The summed E-state index contributed by atoms with van der Waals surface area (Å²) in [5.41, 5.74) is 1.01. The summed E-state index contributed by atoms with van der Waals surface area (Å²) in [6, 6.07) is 1.88. The van der Waals surface area contributed by atoms with Crippen LogP contribution in [0.2, 0.25) is 0 Å². The number of nitrogens with one attached hydrogen (secondary N) is 1. The molecule has 1 N–H and O–H groups in total. The van der Waals surface area contributed by atoms with E-state index in [1.807, 2.05) is 6.07 Å². The van der Waals surface area contributed by atoms with Crippen LogP contribution in [0.25, 0.3) is 0 Å². The van der Waals surface area contributed by atoms with Crippen molar-refractivity contribution in [2.75, 3.05) is 12.4 Å². The molecule has 3 nitrogen and oxygen atoms in total. The zero-order chi connectivity index (χ0) is 12.3. The van der Waals surface area contributed by atoms with Crippen molar-refractivity contribution in [2.45, 2.75) is 25.7 Å². The van der Waals surface area contributed by atoms with Crippen LogP contribution in [0.3, 0.4) is 0 Å². The fourth-order valence-electron chi connectivity index (χ4n) is 1.86. The minimum absolute atomic E-state index is 0.0427. The largest absolute Gasteiger partial charge is 0.351 e. The van der Waals surface area contributed by atoms with E-state index in [1.165, 1.54) is 11.3 Å². The Morgan fingerprint density at radius 3 is 3.12 bits per heavy atom. The molecule has 5 heteroatoms. The lowest BCUT2D eigenvalue weighted by Gasteiger charge is -1.97. The van der Waals surface area contributed by atoms with Crippen LogP contribution < -0.4 is 5.32 Å². The number of halogens is 1. The highest BCUT2D eigenvalue weighted by atomic mass is 35.5. The van der Waals surface area contributed by atoms with Gasteiger partial charge in [0.25, 0.3) is 5.91 Å². The van der Waals surface area contributed by atoms with Gasteiger partial charge in [0.15, 0.2) is 5.78 Å². The zero-order valence-electron chi connectivity index (χ0n) is 9.42. The highest BCUT2D eigenvalue weighted by molar-refractivity contribution is 7.16. The van der Waals surface area contributed by atoms with E-state index in [-0.39, 0.29) is 11.7 Å². The van der Waals surface area contributed by atoms with Gasteiger partial charge in [-0.25, -0.2) is 0 Å². The number of alkyl halides is 1. The number of fused-ring (bicyclic) bond motifs is 1. The lowest BCUT2D eigenvalue weighted by atomic mass is 10.1. The Balaban J connectivity index is 2.19. The molecular formula is C12H14ClNO2S. The summed E-state index contributed by atoms with van der Waals surface area (Å²) in [6.07, 6.45) is 2.96. The molecule has 0 fully saturated rings. The van der Waals surface area contributed by atoms with E-state index in [1.54, 1.807) is 0 Å². The molecule has 92 valence electrons. The molecule has 0 atom stereocenters. The maximum Gasteiger partial charge on any atom is 0.261 e. The first-order valence-corrected chi connectivity index (χ1v) is 7.07. The molecular weight excluding hydrogens is 258 g/mol. The van der Waals surface area contributed by atoms with Crippen LogP contribution in [0, 0.1) is 0 Å². The van der Waals surface area contributed by atoms with Gasteiger partial charge in [-0.2, -0.15) is 0 Å². The lowest BCUT2D eigenvalue weighted by molar-refractivity contribution is 0.0958. The van der Waals surface area contributed by atoms with Crippen LogP contribution in [-0.2, 0) is 6.42 Å². The molecule has 0 spiro atoms. The van der Waals surface area contributed by atoms with E-state index in [9.17, 15) is 9.59 Å². The Kier molecular flexibility index (Phi) is 4.18. The maximum atomic E-state index is 11.8. The predicted octanol–water partition coefficient (Wildman–Crippen LogP) is 2.63. The Hall–Kier alpha value is -0.870. The van der Waals surface area contributed by atoms with E-state index in [2.05, 4.69) is 5.32 Å². The average molecular weight is 272 g/mol. The number of aryl methyl sites for hydroxylation is 1. The lowest BCUT2D eigenvalue weighted by Crippen LogP contribution is -2.21. The molecule has 1 amide bonds. The Morgan fingerprint density at radius 1 is 1.53 bits per heavy atom. The second kappa shape index (κ2) is 5.65. The fraction of sp³-hybridized carbons (Fsp3) is 0.500. The number of hydrogen-bond donors (Lipinski definition) is 1. The molecule has 1 aromatic rings. The topological polar surface area (TPSA) is 46.2 Å². The molecule has 0 aliphatic carbocycles. The number of thiophene rings is 1. The van der Waals surface area contributed by atoms with Gasteiger partial charge < -0.3 is 5.32 Å². The number of Topliss-reactive ketones (excluding diaryl/α,β-unsaturated/α-hetero) is 1. The SMILES string of the molecule is O=C(CCCCl)c1cc2c(s1)C(=O)NCCC2. The van der Waals surface area contributed by atoms with Crippen molar-refractivity contribution in [3.63, 3.8) is 0 Å². The van der Waals surface area contributed by atoms with Gasteiger partial charge in [-0.1, -0.05) is 0 Å². The van der Waals surface area contributed by atoms with E-state index < -0.39 is 0 Å². The Morgan fingerprint density at radius 2 is 2.35 bits per heavy atom. The monoisotopic (exact) mass is 271 g/mol. The van der Waals surface area contributed by atoms with Crippen molar-refractivity contribution in [2.24, 2.45) is 0 Å². The second-order valence-electron chi connectivity index (χ2n) is 4.04. The molecule has 1 aliphatic heterocycles. The maximum absolute atomic E-state index is 11.8. The third-order valence-corrected chi connectivity index (χ3v) is 4.22. The van der Waals surface area contributed by atoms with Crippen molar-refractivity contribution in [3.05, 3.63) is 21.4 Å². The van der Waals surface area contributed by atoms with Crippen LogP contribution in [0.5, 0.6) is 0 Å². The summed E-state index contributed by atoms with van der Waals surface area (Å²) in [5, 5.41) is 2.84. The molecule has 0 saturated heterocycles. The van der Waals surface area contributed by atoms with E-state index in [0.29, 0.717) is 28.5 Å². The van der Waals surface area contributed by atoms with Crippen LogP contribution in [-0.4, -0.2) is 24.1 Å². The normalized spacial score (nSPS) is 15.0. The molecule has 1 aromatic heterocycles. The van der Waals surface area contributed by atoms with Gasteiger partial charge in [0, 0.05) is 18.8 Å². The number of ketones is 1. The van der Waals surface area contributed by atoms with Gasteiger partial charge >= 0.3 is 0 Å². The van der Waals surface area contributed by atoms with Gasteiger partial charge in [-0.15, -0.1) is 22.9 Å².